The Labute approximate surface area is 235 Å². The van der Waals surface area contributed by atoms with Gasteiger partial charge in [0.1, 0.15) is 17.3 Å². The van der Waals surface area contributed by atoms with Crippen molar-refractivity contribution >= 4 is 34.9 Å². The first kappa shape index (κ1) is 29.3. The molecule has 2 aromatic rings. The lowest BCUT2D eigenvalue weighted by Gasteiger charge is -2.27. The van der Waals surface area contributed by atoms with Gasteiger partial charge >= 0.3 is 11.9 Å². The number of Topliss-reactive ketones (excluding diaryl/α,β-unsaturated/α-hetero) is 2. The first-order valence-electron chi connectivity index (χ1n) is 14.1. The Hall–Kier alpha value is -3.72. The van der Waals surface area contributed by atoms with E-state index in [1.807, 2.05) is 37.4 Å². The van der Waals surface area contributed by atoms with Crippen LogP contribution < -0.4 is 25.4 Å². The largest absolute Gasteiger partial charge is 0.426 e. The van der Waals surface area contributed by atoms with Crippen LogP contribution in [0.5, 0.6) is 11.5 Å². The van der Waals surface area contributed by atoms with Crippen LogP contribution in [0, 0.1) is 23.7 Å². The van der Waals surface area contributed by atoms with E-state index < -0.39 is 0 Å². The lowest BCUT2D eigenvalue weighted by molar-refractivity contribution is -0.141. The maximum atomic E-state index is 13.0. The van der Waals surface area contributed by atoms with Crippen LogP contribution in [0.2, 0.25) is 0 Å². The second-order valence-electron chi connectivity index (χ2n) is 10.9. The number of hydrogen-bond acceptors (Lipinski definition) is 9. The predicted molar refractivity (Wildman–Crippen MR) is 152 cm³/mol. The molecule has 0 saturated heterocycles. The van der Waals surface area contributed by atoms with Crippen molar-refractivity contribution in [1.82, 2.24) is 5.53 Å². The summed E-state index contributed by atoms with van der Waals surface area (Å²) in [5, 5.41) is 1.76. The summed E-state index contributed by atoms with van der Waals surface area (Å²) in [6.45, 7) is 3.21. The molecule has 2 aliphatic carbocycles. The standard InChI is InChI=1S/C31H39N3O6/c1-20(35)22-9-13-24(14-10-22)30(37)39-27-17-18-29(40-31(38)25-15-11-23(12-16-25)21(2)36)28(19-27)32-33-34(3)26-7-5-4-6-8-26/h4-8,17-19,22-25,32-33H,9-16H2,1-3H3. The van der Waals surface area contributed by atoms with Gasteiger partial charge in [-0.15, -0.1) is 5.53 Å². The van der Waals surface area contributed by atoms with Crippen LogP contribution in [0.25, 0.3) is 0 Å². The fourth-order valence-electron chi connectivity index (χ4n) is 5.48. The van der Waals surface area contributed by atoms with Gasteiger partial charge in [-0.05, 0) is 89.5 Å². The highest BCUT2D eigenvalue weighted by Crippen LogP contribution is 2.35. The van der Waals surface area contributed by atoms with Gasteiger partial charge < -0.3 is 14.9 Å². The second kappa shape index (κ2) is 13.6. The SMILES string of the molecule is CC(=O)C1CCC(C(=O)Oc2ccc(OC(=O)C3CCC(C(C)=O)CC3)c(NNN(C)c3ccccc3)c2)CC1. The van der Waals surface area contributed by atoms with E-state index in [4.69, 9.17) is 9.47 Å². The Morgan fingerprint density at radius 2 is 1.20 bits per heavy atom. The van der Waals surface area contributed by atoms with Crippen LogP contribution in [0.3, 0.4) is 0 Å². The summed E-state index contributed by atoms with van der Waals surface area (Å²) in [4.78, 5) is 49.3. The number of hydrazine groups is 2. The van der Waals surface area contributed by atoms with E-state index in [0.717, 1.165) is 5.69 Å². The van der Waals surface area contributed by atoms with Gasteiger partial charge in [0.2, 0.25) is 0 Å². The van der Waals surface area contributed by atoms with Crippen molar-refractivity contribution in [3.8, 4) is 11.5 Å². The number of carbonyl (C=O) groups is 4. The molecular formula is C31H39N3O6. The van der Waals surface area contributed by atoms with Crippen molar-refractivity contribution in [2.24, 2.45) is 23.7 Å². The normalized spacial score (nSPS) is 22.6. The molecule has 9 heteroatoms. The van der Waals surface area contributed by atoms with E-state index in [-0.39, 0.29) is 47.2 Å². The molecule has 2 aromatic carbocycles. The first-order valence-corrected chi connectivity index (χ1v) is 14.1. The summed E-state index contributed by atoms with van der Waals surface area (Å²) in [6.07, 6.45) is 5.24. The van der Waals surface area contributed by atoms with Gasteiger partial charge in [0.05, 0.1) is 23.2 Å². The number of esters is 2. The number of ketones is 2. The quantitative estimate of drug-likeness (QED) is 0.233. The highest BCUT2D eigenvalue weighted by Gasteiger charge is 2.31. The number of carbonyl (C=O) groups excluding carboxylic acids is 4. The third-order valence-corrected chi connectivity index (χ3v) is 8.15. The molecule has 0 radical (unpaired) electrons. The van der Waals surface area contributed by atoms with Crippen molar-refractivity contribution in [2.75, 3.05) is 17.5 Å². The number of benzene rings is 2. The molecule has 0 amide bonds. The highest BCUT2D eigenvalue weighted by molar-refractivity contribution is 5.81. The molecule has 0 atom stereocenters. The number of anilines is 2. The smallest absolute Gasteiger partial charge is 0.314 e. The number of rotatable bonds is 10. The van der Waals surface area contributed by atoms with Crippen molar-refractivity contribution < 1.29 is 28.7 Å². The molecule has 4 rings (SSSR count). The van der Waals surface area contributed by atoms with Crippen LogP contribution in [-0.2, 0) is 19.2 Å². The Morgan fingerprint density at radius 3 is 1.73 bits per heavy atom. The zero-order valence-electron chi connectivity index (χ0n) is 23.5. The van der Waals surface area contributed by atoms with E-state index >= 15 is 0 Å². The lowest BCUT2D eigenvalue weighted by Crippen LogP contribution is -2.39. The van der Waals surface area contributed by atoms with Crippen LogP contribution >= 0.6 is 0 Å². The molecule has 0 aliphatic heterocycles. The van der Waals surface area contributed by atoms with Crippen molar-refractivity contribution in [2.45, 2.75) is 65.2 Å². The summed E-state index contributed by atoms with van der Waals surface area (Å²) in [7, 11) is 1.84. The summed E-state index contributed by atoms with van der Waals surface area (Å²) in [5.74, 6) is -0.173. The topological polar surface area (TPSA) is 114 Å². The van der Waals surface area contributed by atoms with E-state index in [2.05, 4.69) is 11.0 Å². The number of hydrogen-bond donors (Lipinski definition) is 2. The monoisotopic (exact) mass is 549 g/mol. The fourth-order valence-corrected chi connectivity index (χ4v) is 5.48. The molecule has 0 unspecified atom stereocenters. The molecule has 2 N–H and O–H groups in total. The molecule has 2 fully saturated rings. The second-order valence-corrected chi connectivity index (χ2v) is 10.9. The minimum atomic E-state index is -0.339. The number of para-hydroxylation sites is 1. The van der Waals surface area contributed by atoms with E-state index in [1.165, 1.54) is 0 Å². The van der Waals surface area contributed by atoms with Gasteiger partial charge in [0, 0.05) is 24.9 Å². The Bertz CT molecular complexity index is 1200. The fraction of sp³-hybridized carbons (Fsp3) is 0.484. The minimum absolute atomic E-state index is 0.0190. The Balaban J connectivity index is 1.44. The first-order chi connectivity index (χ1) is 19.2. The maximum Gasteiger partial charge on any atom is 0.314 e. The number of nitrogens with zero attached hydrogens (tertiary/aromatic N) is 1. The molecule has 2 aliphatic rings. The van der Waals surface area contributed by atoms with Crippen molar-refractivity contribution in [3.63, 3.8) is 0 Å². The van der Waals surface area contributed by atoms with Crippen molar-refractivity contribution in [1.29, 1.82) is 0 Å². The average Bonchev–Trinajstić information content (AvgIpc) is 2.97. The maximum absolute atomic E-state index is 13.0. The summed E-state index contributed by atoms with van der Waals surface area (Å²) in [5.41, 5.74) is 7.48. The van der Waals surface area contributed by atoms with Gasteiger partial charge in [-0.1, -0.05) is 18.2 Å². The van der Waals surface area contributed by atoms with Gasteiger partial charge in [0.15, 0.2) is 5.75 Å². The minimum Gasteiger partial charge on any atom is -0.426 e. The molecular weight excluding hydrogens is 510 g/mol. The molecule has 0 bridgehead atoms. The molecule has 2 saturated carbocycles. The Morgan fingerprint density at radius 1 is 0.700 bits per heavy atom. The summed E-state index contributed by atoms with van der Waals surface area (Å²) < 4.78 is 11.5. The lowest BCUT2D eigenvalue weighted by atomic mass is 9.80. The summed E-state index contributed by atoms with van der Waals surface area (Å²) in [6, 6.07) is 14.5. The number of nitrogens with one attached hydrogen (secondary N) is 2. The molecule has 0 heterocycles. The van der Waals surface area contributed by atoms with Crippen molar-refractivity contribution in [3.05, 3.63) is 48.5 Å². The van der Waals surface area contributed by atoms with E-state index in [1.54, 1.807) is 37.1 Å². The van der Waals surface area contributed by atoms with Crippen LogP contribution in [-0.4, -0.2) is 30.6 Å². The predicted octanol–water partition coefficient (Wildman–Crippen LogP) is 5.26. The Kier molecular flexibility index (Phi) is 9.93. The molecule has 40 heavy (non-hydrogen) atoms. The van der Waals surface area contributed by atoms with Gasteiger partial charge in [0.25, 0.3) is 0 Å². The zero-order chi connectivity index (χ0) is 28.6. The average molecular weight is 550 g/mol. The molecule has 214 valence electrons. The van der Waals surface area contributed by atoms with Gasteiger partial charge in [-0.3, -0.25) is 24.2 Å². The molecule has 0 spiro atoms. The molecule has 9 nitrogen and oxygen atoms in total. The summed E-state index contributed by atoms with van der Waals surface area (Å²) >= 11 is 0. The van der Waals surface area contributed by atoms with Crippen LogP contribution in [0.15, 0.2) is 48.5 Å². The number of ether oxygens (including phenoxy) is 2. The van der Waals surface area contributed by atoms with Crippen LogP contribution in [0.4, 0.5) is 11.4 Å². The molecule has 0 aromatic heterocycles. The van der Waals surface area contributed by atoms with Gasteiger partial charge in [-0.25, -0.2) is 0 Å². The van der Waals surface area contributed by atoms with Crippen LogP contribution in [0.1, 0.15) is 65.2 Å². The van der Waals surface area contributed by atoms with E-state index in [9.17, 15) is 19.2 Å². The van der Waals surface area contributed by atoms with E-state index in [0.29, 0.717) is 68.6 Å². The van der Waals surface area contributed by atoms with Gasteiger partial charge in [-0.2, -0.15) is 0 Å². The third-order valence-electron chi connectivity index (χ3n) is 8.15. The third kappa shape index (κ3) is 7.69. The zero-order valence-corrected chi connectivity index (χ0v) is 23.5. The highest BCUT2D eigenvalue weighted by atomic mass is 16.5.